The van der Waals surface area contributed by atoms with Crippen LogP contribution >= 0.6 is 23.2 Å². The highest BCUT2D eigenvalue weighted by Crippen LogP contribution is 2.48. The summed E-state index contributed by atoms with van der Waals surface area (Å²) in [7, 11) is 0. The van der Waals surface area contributed by atoms with Crippen molar-refractivity contribution in [2.75, 3.05) is 10.2 Å². The van der Waals surface area contributed by atoms with Gasteiger partial charge in [-0.2, -0.15) is 5.10 Å². The zero-order valence-electron chi connectivity index (χ0n) is 21.2. The van der Waals surface area contributed by atoms with Crippen LogP contribution in [0.3, 0.4) is 0 Å². The summed E-state index contributed by atoms with van der Waals surface area (Å²) >= 11 is 12.5. The molecule has 0 fully saturated rings. The number of halogens is 3. The smallest absolute Gasteiger partial charge is 0.179 e. The second-order valence-corrected chi connectivity index (χ2v) is 10.3. The Hall–Kier alpha value is -4.46. The van der Waals surface area contributed by atoms with Gasteiger partial charge in [0.2, 0.25) is 0 Å². The van der Waals surface area contributed by atoms with Crippen molar-refractivity contribution < 1.29 is 4.39 Å². The fraction of sp³-hybridized carbons (Fsp3) is 0.0645. The van der Waals surface area contributed by atoms with E-state index in [0.717, 1.165) is 33.9 Å². The highest BCUT2D eigenvalue weighted by molar-refractivity contribution is 6.52. The molecule has 9 heteroatoms. The van der Waals surface area contributed by atoms with Gasteiger partial charge in [0.1, 0.15) is 5.82 Å². The molecule has 4 aromatic carbocycles. The number of aromatic nitrogens is 2. The van der Waals surface area contributed by atoms with Crippen LogP contribution in [0.2, 0.25) is 10.0 Å². The van der Waals surface area contributed by atoms with E-state index in [1.165, 1.54) is 12.1 Å². The van der Waals surface area contributed by atoms with Crippen LogP contribution in [0.1, 0.15) is 22.9 Å². The van der Waals surface area contributed by atoms with Crippen molar-refractivity contribution in [2.45, 2.75) is 13.0 Å². The average molecular weight is 567 g/mol. The minimum absolute atomic E-state index is 0.298. The first-order chi connectivity index (χ1) is 19.5. The van der Waals surface area contributed by atoms with E-state index in [1.54, 1.807) is 12.1 Å². The van der Waals surface area contributed by atoms with E-state index in [0.29, 0.717) is 33.2 Å². The van der Waals surface area contributed by atoms with Crippen LogP contribution in [0.5, 0.6) is 0 Å². The number of fused-ring (bicyclic) bond motifs is 4. The molecular formula is C31H21Cl2FN6. The van der Waals surface area contributed by atoms with E-state index in [1.807, 2.05) is 84.4 Å². The summed E-state index contributed by atoms with van der Waals surface area (Å²) in [6, 6.07) is 29.3. The summed E-state index contributed by atoms with van der Waals surface area (Å²) in [6.07, 6.45) is 0. The van der Waals surface area contributed by atoms with Gasteiger partial charge >= 0.3 is 0 Å². The van der Waals surface area contributed by atoms with Crippen LogP contribution in [-0.4, -0.2) is 21.5 Å². The van der Waals surface area contributed by atoms with Crippen LogP contribution in [-0.2, 0) is 0 Å². The number of amidine groups is 2. The number of hydrogen-bond acceptors (Lipinski definition) is 5. The number of nitrogens with one attached hydrogen (secondary N) is 1. The van der Waals surface area contributed by atoms with Crippen LogP contribution in [0.4, 0.5) is 27.3 Å². The minimum atomic E-state index is -0.345. The van der Waals surface area contributed by atoms with E-state index < -0.39 is 0 Å². The van der Waals surface area contributed by atoms with Crippen molar-refractivity contribution in [1.29, 1.82) is 0 Å². The molecule has 0 saturated heterocycles. The Morgan fingerprint density at radius 1 is 0.825 bits per heavy atom. The second-order valence-electron chi connectivity index (χ2n) is 9.53. The van der Waals surface area contributed by atoms with Gasteiger partial charge in [0, 0.05) is 11.3 Å². The highest BCUT2D eigenvalue weighted by atomic mass is 35.5. The SMILES string of the molecule is Cc1nn(-c2ccccc2)c2c1[C@@H](c1ccc(F)cc1)N1C(=N2)C(Nc2ccc(Cl)c(Cl)c2)=Nc2ccccc21. The lowest BCUT2D eigenvalue weighted by molar-refractivity contribution is 0.626. The molecule has 0 saturated carbocycles. The number of benzene rings is 4. The Labute approximate surface area is 240 Å². The molecule has 6 nitrogen and oxygen atoms in total. The number of hydrogen-bond donors (Lipinski definition) is 1. The molecule has 1 aromatic heterocycles. The zero-order valence-corrected chi connectivity index (χ0v) is 22.7. The van der Waals surface area contributed by atoms with E-state index in [9.17, 15) is 4.39 Å². The van der Waals surface area contributed by atoms with Crippen LogP contribution < -0.4 is 10.2 Å². The van der Waals surface area contributed by atoms with Gasteiger partial charge in [0.05, 0.1) is 38.8 Å². The number of aliphatic imine (C=N–C) groups is 2. The van der Waals surface area contributed by atoms with Gasteiger partial charge in [-0.1, -0.05) is 65.7 Å². The molecule has 0 amide bonds. The predicted octanol–water partition coefficient (Wildman–Crippen LogP) is 8.42. The van der Waals surface area contributed by atoms with E-state index in [-0.39, 0.29) is 11.9 Å². The minimum Gasteiger partial charge on any atom is -0.337 e. The number of para-hydroxylation sites is 3. The fourth-order valence-electron chi connectivity index (χ4n) is 5.22. The molecule has 0 bridgehead atoms. The molecule has 2 aliphatic rings. The second kappa shape index (κ2) is 9.62. The maximum atomic E-state index is 14.1. The summed E-state index contributed by atoms with van der Waals surface area (Å²) in [6.45, 7) is 1.98. The molecule has 196 valence electrons. The standard InChI is InChI=1S/C31H21Cl2FN6/c1-18-27-28(19-11-13-20(34)14-12-19)39-26-10-6-5-9-25(26)36-29(35-21-15-16-23(32)24(33)17-21)31(39)37-30(27)40(38-18)22-7-3-2-4-8-22/h2-17,28H,1H3,(H,35,36)/t28-/m1/s1. The number of anilines is 2. The molecule has 5 aromatic rings. The molecule has 1 atom stereocenters. The van der Waals surface area contributed by atoms with Gasteiger partial charge in [-0.05, 0) is 67.1 Å². The summed E-state index contributed by atoms with van der Waals surface area (Å²) < 4.78 is 15.9. The Bertz CT molecular complexity index is 1830. The lowest BCUT2D eigenvalue weighted by atomic mass is 9.93. The lowest BCUT2D eigenvalue weighted by Crippen LogP contribution is -2.46. The van der Waals surface area contributed by atoms with Gasteiger partial charge in [-0.3, -0.25) is 0 Å². The topological polar surface area (TPSA) is 57.8 Å². The lowest BCUT2D eigenvalue weighted by Gasteiger charge is -2.40. The largest absolute Gasteiger partial charge is 0.337 e. The molecule has 40 heavy (non-hydrogen) atoms. The highest BCUT2D eigenvalue weighted by Gasteiger charge is 2.41. The summed E-state index contributed by atoms with van der Waals surface area (Å²) in [5.74, 6) is 1.53. The molecule has 1 N–H and O–H groups in total. The normalized spacial score (nSPS) is 15.5. The summed E-state index contributed by atoms with van der Waals surface area (Å²) in [5.41, 5.74) is 5.92. The molecule has 0 radical (unpaired) electrons. The first-order valence-electron chi connectivity index (χ1n) is 12.7. The Balaban J connectivity index is 1.49. The summed E-state index contributed by atoms with van der Waals surface area (Å²) in [5, 5.41) is 9.22. The maximum Gasteiger partial charge on any atom is 0.179 e. The van der Waals surface area contributed by atoms with Gasteiger partial charge in [0.25, 0.3) is 0 Å². The average Bonchev–Trinajstić information content (AvgIpc) is 3.31. The number of rotatable bonds is 3. The van der Waals surface area contributed by atoms with Crippen LogP contribution in [0.15, 0.2) is 107 Å². The number of nitrogens with zero attached hydrogens (tertiary/aromatic N) is 5. The maximum absolute atomic E-state index is 14.1. The molecule has 2 aliphatic heterocycles. The molecular weight excluding hydrogens is 546 g/mol. The third-order valence-electron chi connectivity index (χ3n) is 7.01. The quantitative estimate of drug-likeness (QED) is 0.238. The van der Waals surface area contributed by atoms with Crippen molar-refractivity contribution in [1.82, 2.24) is 9.78 Å². The Kier molecular flexibility index (Phi) is 5.91. The van der Waals surface area contributed by atoms with E-state index in [4.69, 9.17) is 38.3 Å². The third-order valence-corrected chi connectivity index (χ3v) is 7.75. The van der Waals surface area contributed by atoms with Crippen molar-refractivity contribution >= 4 is 57.8 Å². The van der Waals surface area contributed by atoms with Crippen molar-refractivity contribution in [3.8, 4) is 5.69 Å². The van der Waals surface area contributed by atoms with Crippen molar-refractivity contribution in [2.24, 2.45) is 9.98 Å². The molecule has 0 unspecified atom stereocenters. The van der Waals surface area contributed by atoms with Crippen LogP contribution in [0, 0.1) is 12.7 Å². The Morgan fingerprint density at radius 2 is 1.57 bits per heavy atom. The predicted molar refractivity (Wildman–Crippen MR) is 160 cm³/mol. The molecule has 7 rings (SSSR count). The van der Waals surface area contributed by atoms with E-state index >= 15 is 0 Å². The van der Waals surface area contributed by atoms with Crippen molar-refractivity contribution in [3.63, 3.8) is 0 Å². The zero-order chi connectivity index (χ0) is 27.4. The molecule has 0 spiro atoms. The fourth-order valence-corrected chi connectivity index (χ4v) is 5.52. The van der Waals surface area contributed by atoms with Gasteiger partial charge < -0.3 is 10.2 Å². The first kappa shape index (κ1) is 24.6. The molecule has 3 heterocycles. The first-order valence-corrected chi connectivity index (χ1v) is 13.4. The third kappa shape index (κ3) is 4.06. The van der Waals surface area contributed by atoms with Crippen molar-refractivity contribution in [3.05, 3.63) is 130 Å². The van der Waals surface area contributed by atoms with Gasteiger partial charge in [-0.25, -0.2) is 19.1 Å². The monoisotopic (exact) mass is 566 g/mol. The van der Waals surface area contributed by atoms with Gasteiger partial charge in [0.15, 0.2) is 17.5 Å². The van der Waals surface area contributed by atoms with Crippen LogP contribution in [0.25, 0.3) is 5.69 Å². The summed E-state index contributed by atoms with van der Waals surface area (Å²) in [4.78, 5) is 12.3. The molecule has 0 aliphatic carbocycles. The van der Waals surface area contributed by atoms with E-state index in [2.05, 4.69) is 10.2 Å². The Morgan fingerprint density at radius 3 is 2.35 bits per heavy atom. The number of aryl methyl sites for hydroxylation is 1. The van der Waals surface area contributed by atoms with Gasteiger partial charge in [-0.15, -0.1) is 0 Å².